The van der Waals surface area contributed by atoms with Crippen molar-refractivity contribution in [1.82, 2.24) is 14.5 Å². The molecule has 11 aromatic rings. The van der Waals surface area contributed by atoms with E-state index in [1.807, 2.05) is 54.6 Å². The van der Waals surface area contributed by atoms with Gasteiger partial charge in [0.2, 0.25) is 0 Å². The largest absolute Gasteiger partial charge is 0.456 e. The van der Waals surface area contributed by atoms with Gasteiger partial charge in [-0.05, 0) is 48.5 Å². The molecule has 238 valence electrons. The van der Waals surface area contributed by atoms with Crippen LogP contribution in [-0.2, 0) is 0 Å². The highest BCUT2D eigenvalue weighted by Gasteiger charge is 2.22. The fourth-order valence-corrected chi connectivity index (χ4v) is 7.78. The van der Waals surface area contributed by atoms with Crippen molar-refractivity contribution >= 4 is 65.7 Å². The lowest BCUT2D eigenvalue weighted by Crippen LogP contribution is -1.96. The van der Waals surface area contributed by atoms with Gasteiger partial charge >= 0.3 is 0 Å². The van der Waals surface area contributed by atoms with E-state index in [0.717, 1.165) is 94.1 Å². The molecule has 0 radical (unpaired) electrons. The molecule has 0 amide bonds. The summed E-state index contributed by atoms with van der Waals surface area (Å²) in [5.41, 5.74) is 11.0. The van der Waals surface area contributed by atoms with Crippen LogP contribution in [0.1, 0.15) is 0 Å². The second-order valence-electron chi connectivity index (χ2n) is 12.9. The Kier molecular flexibility index (Phi) is 5.89. The van der Waals surface area contributed by atoms with Gasteiger partial charge in [0.05, 0.1) is 28.0 Å². The molecule has 4 heterocycles. The first-order valence-electron chi connectivity index (χ1n) is 17.1. The van der Waals surface area contributed by atoms with Gasteiger partial charge in [-0.25, -0.2) is 9.97 Å². The van der Waals surface area contributed by atoms with E-state index in [0.29, 0.717) is 5.82 Å². The minimum absolute atomic E-state index is 0.598. The van der Waals surface area contributed by atoms with E-state index in [-0.39, 0.29) is 0 Å². The zero-order valence-electron chi connectivity index (χ0n) is 27.2. The number of furan rings is 2. The number of fused-ring (bicyclic) bond motifs is 10. The Morgan fingerprint density at radius 2 is 1.08 bits per heavy atom. The van der Waals surface area contributed by atoms with Crippen LogP contribution in [0.4, 0.5) is 0 Å². The van der Waals surface area contributed by atoms with Crippen molar-refractivity contribution in [1.29, 1.82) is 0 Å². The average molecular weight is 654 g/mol. The number of nitrogens with zero attached hydrogens (tertiary/aromatic N) is 3. The molecule has 5 heteroatoms. The minimum Gasteiger partial charge on any atom is -0.456 e. The maximum atomic E-state index is 7.03. The highest BCUT2D eigenvalue weighted by Crippen LogP contribution is 2.43. The molecule has 0 unspecified atom stereocenters. The van der Waals surface area contributed by atoms with Crippen LogP contribution in [0, 0.1) is 0 Å². The monoisotopic (exact) mass is 653 g/mol. The van der Waals surface area contributed by atoms with E-state index in [1.54, 1.807) is 0 Å². The molecule has 0 saturated carbocycles. The molecule has 0 bridgehead atoms. The van der Waals surface area contributed by atoms with Gasteiger partial charge in [0.1, 0.15) is 16.7 Å². The van der Waals surface area contributed by atoms with Gasteiger partial charge in [0, 0.05) is 49.1 Å². The average Bonchev–Trinajstić information content (AvgIpc) is 3.88. The molecular weight excluding hydrogens is 627 g/mol. The highest BCUT2D eigenvalue weighted by molar-refractivity contribution is 6.22. The molecule has 0 spiro atoms. The first-order chi connectivity index (χ1) is 25.3. The zero-order valence-corrected chi connectivity index (χ0v) is 27.2. The molecule has 51 heavy (non-hydrogen) atoms. The summed E-state index contributed by atoms with van der Waals surface area (Å²) >= 11 is 0. The first kappa shape index (κ1) is 27.9. The Morgan fingerprint density at radius 3 is 1.96 bits per heavy atom. The van der Waals surface area contributed by atoms with Crippen LogP contribution in [0.3, 0.4) is 0 Å². The molecular formula is C46H27N3O2. The number of hydrogen-bond donors (Lipinski definition) is 0. The summed E-state index contributed by atoms with van der Waals surface area (Å²) in [4.78, 5) is 10.5. The lowest BCUT2D eigenvalue weighted by atomic mass is 10.0. The van der Waals surface area contributed by atoms with Gasteiger partial charge in [-0.3, -0.25) is 0 Å². The summed E-state index contributed by atoms with van der Waals surface area (Å²) in [6.45, 7) is 0. The standard InChI is InChI=1S/C46H27N3O2/c1-3-13-28(14-4-1)37-27-38(34-20-12-24-41-42(34)35-18-8-10-23-40(35)50-41)48-46(47-37)36-21-11-19-32-33-26-25-31-30-17-7-9-22-39(30)49(29-15-5-2-6-16-29)43(31)45(33)51-44(32)36/h1-27H. The molecule has 0 aliphatic carbocycles. The normalized spacial score (nSPS) is 11.9. The third-order valence-electron chi connectivity index (χ3n) is 10.0. The number of rotatable bonds is 4. The SMILES string of the molecule is c1ccc(-c2cc(-c3cccc4oc5ccccc5c34)nc(-c3cccc4c3oc3c4ccc4c5ccccc5n(-c5ccccc5)c43)n2)cc1. The van der Waals surface area contributed by atoms with E-state index < -0.39 is 0 Å². The van der Waals surface area contributed by atoms with Crippen LogP contribution in [0.5, 0.6) is 0 Å². The van der Waals surface area contributed by atoms with Crippen molar-refractivity contribution in [3.05, 3.63) is 164 Å². The van der Waals surface area contributed by atoms with Crippen LogP contribution in [0.2, 0.25) is 0 Å². The Morgan fingerprint density at radius 1 is 0.431 bits per heavy atom. The van der Waals surface area contributed by atoms with Gasteiger partial charge in [-0.2, -0.15) is 0 Å². The molecule has 11 rings (SSSR count). The van der Waals surface area contributed by atoms with Crippen molar-refractivity contribution in [2.24, 2.45) is 0 Å². The number of hydrogen-bond acceptors (Lipinski definition) is 4. The Bertz CT molecular complexity index is 3130. The van der Waals surface area contributed by atoms with Crippen LogP contribution in [0.25, 0.3) is 105 Å². The molecule has 0 fully saturated rings. The topological polar surface area (TPSA) is 57.0 Å². The molecule has 0 N–H and O–H groups in total. The first-order valence-corrected chi connectivity index (χ1v) is 17.1. The van der Waals surface area contributed by atoms with Gasteiger partial charge in [0.25, 0.3) is 0 Å². The molecule has 5 nitrogen and oxygen atoms in total. The lowest BCUT2D eigenvalue weighted by molar-refractivity contribution is 0.669. The highest BCUT2D eigenvalue weighted by atomic mass is 16.3. The van der Waals surface area contributed by atoms with E-state index in [1.165, 1.54) is 5.39 Å². The molecule has 7 aromatic carbocycles. The van der Waals surface area contributed by atoms with Crippen molar-refractivity contribution < 1.29 is 8.83 Å². The second kappa shape index (κ2) is 10.8. The van der Waals surface area contributed by atoms with Crippen molar-refractivity contribution in [2.75, 3.05) is 0 Å². The third-order valence-corrected chi connectivity index (χ3v) is 10.0. The predicted molar refractivity (Wildman–Crippen MR) is 207 cm³/mol. The van der Waals surface area contributed by atoms with E-state index in [2.05, 4.69) is 114 Å². The Balaban J connectivity index is 1.21. The quantitative estimate of drug-likeness (QED) is 0.190. The van der Waals surface area contributed by atoms with E-state index >= 15 is 0 Å². The summed E-state index contributed by atoms with van der Waals surface area (Å²) in [6, 6.07) is 56.4. The summed E-state index contributed by atoms with van der Waals surface area (Å²) in [5, 5.41) is 6.49. The predicted octanol–water partition coefficient (Wildman–Crippen LogP) is 12.4. The number of aromatic nitrogens is 3. The fourth-order valence-electron chi connectivity index (χ4n) is 7.78. The molecule has 4 aromatic heterocycles. The summed E-state index contributed by atoms with van der Waals surface area (Å²) in [5.74, 6) is 0.598. The van der Waals surface area contributed by atoms with Crippen LogP contribution in [0.15, 0.2) is 173 Å². The van der Waals surface area contributed by atoms with Crippen molar-refractivity contribution in [3.63, 3.8) is 0 Å². The van der Waals surface area contributed by atoms with Crippen molar-refractivity contribution in [3.8, 4) is 39.6 Å². The van der Waals surface area contributed by atoms with Gasteiger partial charge in [-0.15, -0.1) is 0 Å². The second-order valence-corrected chi connectivity index (χ2v) is 12.9. The third kappa shape index (κ3) is 4.15. The number of para-hydroxylation sites is 4. The van der Waals surface area contributed by atoms with Gasteiger partial charge in [-0.1, -0.05) is 115 Å². The van der Waals surface area contributed by atoms with Crippen LogP contribution >= 0.6 is 0 Å². The summed E-state index contributed by atoms with van der Waals surface area (Å²) < 4.78 is 15.6. The fraction of sp³-hybridized carbons (Fsp3) is 0. The smallest absolute Gasteiger partial charge is 0.164 e. The van der Waals surface area contributed by atoms with Crippen molar-refractivity contribution in [2.45, 2.75) is 0 Å². The minimum atomic E-state index is 0.598. The van der Waals surface area contributed by atoms with Gasteiger partial charge in [0.15, 0.2) is 11.4 Å². The molecule has 0 aliphatic heterocycles. The van der Waals surface area contributed by atoms with E-state index in [9.17, 15) is 0 Å². The molecule has 0 aliphatic rings. The zero-order chi connectivity index (χ0) is 33.5. The molecule has 0 atom stereocenters. The van der Waals surface area contributed by atoms with Crippen LogP contribution in [-0.4, -0.2) is 14.5 Å². The Labute approximate surface area is 291 Å². The van der Waals surface area contributed by atoms with Gasteiger partial charge < -0.3 is 13.4 Å². The summed E-state index contributed by atoms with van der Waals surface area (Å²) in [7, 11) is 0. The molecule has 0 saturated heterocycles. The van der Waals surface area contributed by atoms with Crippen LogP contribution < -0.4 is 0 Å². The maximum Gasteiger partial charge on any atom is 0.164 e. The van der Waals surface area contributed by atoms with E-state index in [4.69, 9.17) is 18.8 Å². The maximum absolute atomic E-state index is 7.03. The summed E-state index contributed by atoms with van der Waals surface area (Å²) in [6.07, 6.45) is 0. The number of benzene rings is 7. The lowest BCUT2D eigenvalue weighted by Gasteiger charge is -2.10. The Hall–Kier alpha value is -6.98.